The quantitative estimate of drug-likeness (QED) is 0.819. The van der Waals surface area contributed by atoms with E-state index >= 15 is 0 Å². The van der Waals surface area contributed by atoms with Crippen LogP contribution in [0.5, 0.6) is 0 Å². The zero-order valence-electron chi connectivity index (χ0n) is 10.0. The van der Waals surface area contributed by atoms with E-state index in [0.717, 1.165) is 0 Å². The van der Waals surface area contributed by atoms with Gasteiger partial charge in [-0.1, -0.05) is 13.8 Å². The average Bonchev–Trinajstić information content (AvgIpc) is 2.36. The van der Waals surface area contributed by atoms with Crippen LogP contribution in [-0.2, 0) is 0 Å². The molecule has 5 heteroatoms. The summed E-state index contributed by atoms with van der Waals surface area (Å²) in [5.74, 6) is -0.189. The Morgan fingerprint density at radius 1 is 1.53 bits per heavy atom. The minimum absolute atomic E-state index is 0.0575. The summed E-state index contributed by atoms with van der Waals surface area (Å²) < 4.78 is 0.618. The Labute approximate surface area is 110 Å². The van der Waals surface area contributed by atoms with E-state index in [9.17, 15) is 9.90 Å². The third kappa shape index (κ3) is 3.51. The molecule has 0 aliphatic heterocycles. The van der Waals surface area contributed by atoms with Gasteiger partial charge < -0.3 is 10.4 Å². The second-order valence-electron chi connectivity index (χ2n) is 3.97. The van der Waals surface area contributed by atoms with Crippen molar-refractivity contribution in [3.63, 3.8) is 0 Å². The minimum atomic E-state index is -0.535. The number of carbonyl (C=O) groups is 1. The van der Waals surface area contributed by atoms with E-state index in [1.165, 1.54) is 0 Å². The van der Waals surface area contributed by atoms with Gasteiger partial charge in [-0.15, -0.1) is 0 Å². The predicted molar refractivity (Wildman–Crippen MR) is 69.8 cm³/mol. The lowest BCUT2D eigenvalue weighted by molar-refractivity contribution is 0.0817. The van der Waals surface area contributed by atoms with Gasteiger partial charge in [0.05, 0.1) is 12.1 Å². The van der Waals surface area contributed by atoms with Crippen molar-refractivity contribution in [3.8, 4) is 0 Å². The zero-order chi connectivity index (χ0) is 12.9. The van der Waals surface area contributed by atoms with Gasteiger partial charge in [-0.2, -0.15) is 0 Å². The average molecular weight is 301 g/mol. The van der Waals surface area contributed by atoms with Gasteiger partial charge in [0.25, 0.3) is 5.91 Å². The molecule has 2 N–H and O–H groups in total. The van der Waals surface area contributed by atoms with Gasteiger partial charge in [0, 0.05) is 11.8 Å². The standard InChI is InChI=1S/C12H17BrN2O2/c1-3-12(4-2,8-16)15-11(17)9-5-6-14-10(13)7-9/h5-7,16H,3-4,8H2,1-2H3,(H,15,17). The molecule has 0 aromatic carbocycles. The molecular formula is C12H17BrN2O2. The number of hydrogen-bond donors (Lipinski definition) is 2. The molecule has 0 atom stereocenters. The number of amides is 1. The molecule has 17 heavy (non-hydrogen) atoms. The van der Waals surface area contributed by atoms with Gasteiger partial charge >= 0.3 is 0 Å². The Kier molecular flexibility index (Phi) is 5.08. The highest BCUT2D eigenvalue weighted by atomic mass is 79.9. The summed E-state index contributed by atoms with van der Waals surface area (Å²) in [7, 11) is 0. The van der Waals surface area contributed by atoms with E-state index in [-0.39, 0.29) is 12.5 Å². The number of aliphatic hydroxyl groups excluding tert-OH is 1. The molecule has 1 aromatic rings. The highest BCUT2D eigenvalue weighted by Crippen LogP contribution is 2.16. The third-order valence-corrected chi connectivity index (χ3v) is 3.46. The second-order valence-corrected chi connectivity index (χ2v) is 4.78. The summed E-state index contributed by atoms with van der Waals surface area (Å²) in [4.78, 5) is 16.0. The van der Waals surface area contributed by atoms with Gasteiger partial charge in [-0.3, -0.25) is 4.79 Å². The zero-order valence-corrected chi connectivity index (χ0v) is 11.6. The van der Waals surface area contributed by atoms with Gasteiger partial charge in [0.2, 0.25) is 0 Å². The lowest BCUT2D eigenvalue weighted by Crippen LogP contribution is -2.50. The number of nitrogens with zero attached hydrogens (tertiary/aromatic N) is 1. The van der Waals surface area contributed by atoms with Crippen LogP contribution in [0.2, 0.25) is 0 Å². The molecule has 0 unspecified atom stereocenters. The van der Waals surface area contributed by atoms with Gasteiger partial charge in [-0.05, 0) is 40.9 Å². The van der Waals surface area contributed by atoms with Crippen molar-refractivity contribution in [2.75, 3.05) is 6.61 Å². The van der Waals surface area contributed by atoms with E-state index < -0.39 is 5.54 Å². The van der Waals surface area contributed by atoms with E-state index in [1.54, 1.807) is 18.3 Å². The normalized spacial score (nSPS) is 11.3. The third-order valence-electron chi connectivity index (χ3n) is 3.02. The Bertz CT molecular complexity index is 384. The van der Waals surface area contributed by atoms with Crippen molar-refractivity contribution < 1.29 is 9.90 Å². The molecule has 0 spiro atoms. The lowest BCUT2D eigenvalue weighted by Gasteiger charge is -2.30. The van der Waals surface area contributed by atoms with E-state index in [0.29, 0.717) is 23.0 Å². The van der Waals surface area contributed by atoms with Crippen LogP contribution in [0.3, 0.4) is 0 Å². The Morgan fingerprint density at radius 2 is 2.18 bits per heavy atom. The molecule has 94 valence electrons. The molecule has 0 aliphatic carbocycles. The molecule has 1 heterocycles. The van der Waals surface area contributed by atoms with Crippen LogP contribution in [0.1, 0.15) is 37.0 Å². The van der Waals surface area contributed by atoms with E-state index in [4.69, 9.17) is 0 Å². The van der Waals surface area contributed by atoms with Crippen LogP contribution in [0, 0.1) is 0 Å². The van der Waals surface area contributed by atoms with Crippen LogP contribution < -0.4 is 5.32 Å². The first-order valence-corrected chi connectivity index (χ1v) is 6.41. The van der Waals surface area contributed by atoms with E-state index in [1.807, 2.05) is 13.8 Å². The number of halogens is 1. The number of aliphatic hydroxyl groups is 1. The number of pyridine rings is 1. The summed E-state index contributed by atoms with van der Waals surface area (Å²) in [6.07, 6.45) is 2.95. The summed E-state index contributed by atoms with van der Waals surface area (Å²) in [5, 5.41) is 12.3. The smallest absolute Gasteiger partial charge is 0.251 e. The van der Waals surface area contributed by atoms with E-state index in [2.05, 4.69) is 26.2 Å². The van der Waals surface area contributed by atoms with Crippen LogP contribution in [0.4, 0.5) is 0 Å². The summed E-state index contributed by atoms with van der Waals surface area (Å²) in [5.41, 5.74) is -0.00100. The first-order chi connectivity index (χ1) is 8.06. The maximum Gasteiger partial charge on any atom is 0.251 e. The number of rotatable bonds is 5. The number of hydrogen-bond acceptors (Lipinski definition) is 3. The van der Waals surface area contributed by atoms with Crippen LogP contribution in [0.15, 0.2) is 22.9 Å². The monoisotopic (exact) mass is 300 g/mol. The van der Waals surface area contributed by atoms with Gasteiger partial charge in [0.15, 0.2) is 0 Å². The summed E-state index contributed by atoms with van der Waals surface area (Å²) >= 11 is 3.22. The van der Waals surface area contributed by atoms with Crippen molar-refractivity contribution in [2.24, 2.45) is 0 Å². The molecule has 0 radical (unpaired) electrons. The first kappa shape index (κ1) is 14.1. The number of carbonyl (C=O) groups excluding carboxylic acids is 1. The maximum absolute atomic E-state index is 12.0. The van der Waals surface area contributed by atoms with Crippen molar-refractivity contribution in [1.29, 1.82) is 0 Å². The molecule has 0 aliphatic rings. The van der Waals surface area contributed by atoms with Crippen LogP contribution in [-0.4, -0.2) is 28.1 Å². The van der Waals surface area contributed by atoms with Crippen molar-refractivity contribution in [3.05, 3.63) is 28.5 Å². The minimum Gasteiger partial charge on any atom is -0.394 e. The molecule has 0 saturated carbocycles. The molecule has 1 aromatic heterocycles. The largest absolute Gasteiger partial charge is 0.394 e. The number of nitrogens with one attached hydrogen (secondary N) is 1. The van der Waals surface area contributed by atoms with Crippen molar-refractivity contribution in [1.82, 2.24) is 10.3 Å². The highest BCUT2D eigenvalue weighted by molar-refractivity contribution is 9.10. The predicted octanol–water partition coefficient (Wildman–Crippen LogP) is 2.12. The fourth-order valence-electron chi connectivity index (χ4n) is 1.55. The molecule has 1 amide bonds. The molecule has 4 nitrogen and oxygen atoms in total. The summed E-state index contributed by atoms with van der Waals surface area (Å²) in [6.45, 7) is 3.84. The topological polar surface area (TPSA) is 62.2 Å². The van der Waals surface area contributed by atoms with Crippen LogP contribution >= 0.6 is 15.9 Å². The van der Waals surface area contributed by atoms with Crippen LogP contribution in [0.25, 0.3) is 0 Å². The Hall–Kier alpha value is -0.940. The van der Waals surface area contributed by atoms with Gasteiger partial charge in [-0.25, -0.2) is 4.98 Å². The highest BCUT2D eigenvalue weighted by Gasteiger charge is 2.27. The molecular weight excluding hydrogens is 284 g/mol. The van der Waals surface area contributed by atoms with Crippen molar-refractivity contribution >= 4 is 21.8 Å². The second kappa shape index (κ2) is 6.12. The Balaban J connectivity index is 2.84. The fraction of sp³-hybridized carbons (Fsp3) is 0.500. The van der Waals surface area contributed by atoms with Gasteiger partial charge in [0.1, 0.15) is 4.60 Å². The molecule has 0 saturated heterocycles. The molecule has 1 rings (SSSR count). The summed E-state index contributed by atoms with van der Waals surface area (Å²) in [6, 6.07) is 3.30. The molecule has 0 bridgehead atoms. The number of aromatic nitrogens is 1. The Morgan fingerprint density at radius 3 is 2.65 bits per heavy atom. The first-order valence-electron chi connectivity index (χ1n) is 5.62. The molecule has 0 fully saturated rings. The lowest BCUT2D eigenvalue weighted by atomic mass is 9.93. The SMILES string of the molecule is CCC(CC)(CO)NC(=O)c1ccnc(Br)c1. The van der Waals surface area contributed by atoms with Crippen molar-refractivity contribution in [2.45, 2.75) is 32.2 Å². The maximum atomic E-state index is 12.0. The fourth-order valence-corrected chi connectivity index (χ4v) is 1.91.